The number of ether oxygens (including phenoxy) is 2. The summed E-state index contributed by atoms with van der Waals surface area (Å²) in [5, 5.41) is 4.54. The number of carbonyl (C=O) groups is 2. The molecule has 32 heavy (non-hydrogen) atoms. The third-order valence-electron chi connectivity index (χ3n) is 5.32. The molecule has 0 unspecified atom stereocenters. The fraction of sp³-hybridized carbons (Fsp3) is 0.292. The lowest BCUT2D eigenvalue weighted by Crippen LogP contribution is -2.42. The quantitative estimate of drug-likeness (QED) is 0.557. The van der Waals surface area contributed by atoms with Gasteiger partial charge in [0.15, 0.2) is 17.2 Å². The van der Waals surface area contributed by atoms with E-state index in [1.165, 1.54) is 7.11 Å². The maximum atomic E-state index is 12.8. The van der Waals surface area contributed by atoms with Crippen molar-refractivity contribution in [3.63, 3.8) is 0 Å². The SMILES string of the molecule is CCCOc1ccc(C(=O)NNC(=O)c2nn(-c3ccccc3)c3c2CCC3)cc1OC. The van der Waals surface area contributed by atoms with Gasteiger partial charge in [-0.25, -0.2) is 4.68 Å². The van der Waals surface area contributed by atoms with Crippen LogP contribution in [0.1, 0.15) is 51.9 Å². The molecule has 0 saturated carbocycles. The number of benzene rings is 2. The Morgan fingerprint density at radius 1 is 1.03 bits per heavy atom. The van der Waals surface area contributed by atoms with Crippen molar-refractivity contribution in [2.75, 3.05) is 13.7 Å². The molecule has 0 saturated heterocycles. The first kappa shape index (κ1) is 21.4. The molecule has 2 aromatic carbocycles. The van der Waals surface area contributed by atoms with E-state index in [0.29, 0.717) is 29.4 Å². The van der Waals surface area contributed by atoms with E-state index in [2.05, 4.69) is 16.0 Å². The van der Waals surface area contributed by atoms with Gasteiger partial charge in [-0.2, -0.15) is 5.10 Å². The summed E-state index contributed by atoms with van der Waals surface area (Å²) in [4.78, 5) is 25.4. The summed E-state index contributed by atoms with van der Waals surface area (Å²) >= 11 is 0. The molecule has 8 nitrogen and oxygen atoms in total. The van der Waals surface area contributed by atoms with E-state index in [9.17, 15) is 9.59 Å². The second kappa shape index (κ2) is 9.55. The molecule has 1 aliphatic rings. The molecule has 2 N–H and O–H groups in total. The summed E-state index contributed by atoms with van der Waals surface area (Å²) in [6.07, 6.45) is 3.48. The Morgan fingerprint density at radius 2 is 1.81 bits per heavy atom. The Labute approximate surface area is 186 Å². The number of hydrogen-bond acceptors (Lipinski definition) is 5. The molecule has 166 valence electrons. The van der Waals surface area contributed by atoms with E-state index in [0.717, 1.165) is 42.6 Å². The van der Waals surface area contributed by atoms with Crippen molar-refractivity contribution in [1.82, 2.24) is 20.6 Å². The number of nitrogens with one attached hydrogen (secondary N) is 2. The number of para-hydroxylation sites is 1. The average molecular weight is 434 g/mol. The smallest absolute Gasteiger partial charge is 0.290 e. The van der Waals surface area contributed by atoms with Crippen LogP contribution in [-0.2, 0) is 12.8 Å². The van der Waals surface area contributed by atoms with Crippen LogP contribution in [0.3, 0.4) is 0 Å². The fourth-order valence-electron chi connectivity index (χ4n) is 3.79. The lowest BCUT2D eigenvalue weighted by atomic mass is 10.2. The Hall–Kier alpha value is -3.81. The molecule has 0 aliphatic heterocycles. The van der Waals surface area contributed by atoms with E-state index >= 15 is 0 Å². The molecule has 0 radical (unpaired) electrons. The fourth-order valence-corrected chi connectivity index (χ4v) is 3.79. The topological polar surface area (TPSA) is 94.5 Å². The second-order valence-corrected chi connectivity index (χ2v) is 7.50. The average Bonchev–Trinajstić information content (AvgIpc) is 3.44. The van der Waals surface area contributed by atoms with Gasteiger partial charge in [-0.15, -0.1) is 0 Å². The van der Waals surface area contributed by atoms with E-state index in [1.54, 1.807) is 18.2 Å². The first-order valence-electron chi connectivity index (χ1n) is 10.7. The number of hydrazine groups is 1. The molecular weight excluding hydrogens is 408 g/mol. The number of methoxy groups -OCH3 is 1. The zero-order valence-corrected chi connectivity index (χ0v) is 18.2. The van der Waals surface area contributed by atoms with Gasteiger partial charge in [0.25, 0.3) is 11.8 Å². The van der Waals surface area contributed by atoms with Crippen LogP contribution in [0.25, 0.3) is 5.69 Å². The molecule has 1 aromatic heterocycles. The molecule has 2 amide bonds. The Kier molecular flexibility index (Phi) is 6.39. The molecule has 8 heteroatoms. The minimum absolute atomic E-state index is 0.336. The zero-order chi connectivity index (χ0) is 22.5. The van der Waals surface area contributed by atoms with Crippen molar-refractivity contribution in [2.24, 2.45) is 0 Å². The third-order valence-corrected chi connectivity index (χ3v) is 5.32. The number of aromatic nitrogens is 2. The van der Waals surface area contributed by atoms with Crippen LogP contribution >= 0.6 is 0 Å². The van der Waals surface area contributed by atoms with Gasteiger partial charge in [0.1, 0.15) is 0 Å². The summed E-state index contributed by atoms with van der Waals surface area (Å²) in [5.41, 5.74) is 8.51. The van der Waals surface area contributed by atoms with Crippen molar-refractivity contribution in [1.29, 1.82) is 0 Å². The summed E-state index contributed by atoms with van der Waals surface area (Å²) < 4.78 is 12.7. The number of amides is 2. The van der Waals surface area contributed by atoms with Gasteiger partial charge in [-0.3, -0.25) is 20.4 Å². The van der Waals surface area contributed by atoms with Gasteiger partial charge >= 0.3 is 0 Å². The van der Waals surface area contributed by atoms with Gasteiger partial charge in [0.05, 0.1) is 19.4 Å². The number of carbonyl (C=O) groups excluding carboxylic acids is 2. The lowest BCUT2D eigenvalue weighted by Gasteiger charge is -2.12. The Morgan fingerprint density at radius 3 is 2.56 bits per heavy atom. The predicted octanol–water partition coefficient (Wildman–Crippen LogP) is 3.23. The third kappa shape index (κ3) is 4.30. The maximum absolute atomic E-state index is 12.8. The summed E-state index contributed by atoms with van der Waals surface area (Å²) in [6, 6.07) is 14.6. The number of rotatable bonds is 7. The molecular formula is C24H26N4O4. The van der Waals surface area contributed by atoms with Gasteiger partial charge in [0.2, 0.25) is 0 Å². The molecule has 1 aliphatic carbocycles. The number of hydrogen-bond donors (Lipinski definition) is 2. The molecule has 4 rings (SSSR count). The summed E-state index contributed by atoms with van der Waals surface area (Å²) in [5.74, 6) is 0.118. The van der Waals surface area contributed by atoms with Crippen molar-refractivity contribution in [3.05, 3.63) is 71.0 Å². The second-order valence-electron chi connectivity index (χ2n) is 7.50. The first-order valence-corrected chi connectivity index (χ1v) is 10.7. The van der Waals surface area contributed by atoms with E-state index in [-0.39, 0.29) is 0 Å². The van der Waals surface area contributed by atoms with E-state index in [4.69, 9.17) is 9.47 Å². The minimum Gasteiger partial charge on any atom is -0.493 e. The van der Waals surface area contributed by atoms with Gasteiger partial charge in [-0.05, 0) is 56.0 Å². The van der Waals surface area contributed by atoms with Crippen molar-refractivity contribution >= 4 is 11.8 Å². The molecule has 0 fully saturated rings. The van der Waals surface area contributed by atoms with Crippen LogP contribution in [-0.4, -0.2) is 35.3 Å². The summed E-state index contributed by atoms with van der Waals surface area (Å²) in [6.45, 7) is 2.56. The predicted molar refractivity (Wildman–Crippen MR) is 119 cm³/mol. The maximum Gasteiger partial charge on any atom is 0.290 e. The first-order chi connectivity index (χ1) is 15.6. The van der Waals surface area contributed by atoms with Gasteiger partial charge in [-0.1, -0.05) is 25.1 Å². The minimum atomic E-state index is -0.460. The summed E-state index contributed by atoms with van der Waals surface area (Å²) in [7, 11) is 1.52. The molecule has 0 spiro atoms. The van der Waals surface area contributed by atoms with Crippen LogP contribution in [0.5, 0.6) is 11.5 Å². The highest BCUT2D eigenvalue weighted by atomic mass is 16.5. The van der Waals surface area contributed by atoms with E-state index < -0.39 is 11.8 Å². The zero-order valence-electron chi connectivity index (χ0n) is 18.2. The highest BCUT2D eigenvalue weighted by molar-refractivity contribution is 5.99. The van der Waals surface area contributed by atoms with Crippen LogP contribution in [0.15, 0.2) is 48.5 Å². The largest absolute Gasteiger partial charge is 0.493 e. The molecule has 3 aromatic rings. The molecule has 0 bridgehead atoms. The lowest BCUT2D eigenvalue weighted by molar-refractivity contribution is 0.0843. The highest BCUT2D eigenvalue weighted by Crippen LogP contribution is 2.29. The van der Waals surface area contributed by atoms with Crippen LogP contribution in [0.4, 0.5) is 0 Å². The highest BCUT2D eigenvalue weighted by Gasteiger charge is 2.27. The Balaban J connectivity index is 1.47. The normalized spacial score (nSPS) is 12.2. The van der Waals surface area contributed by atoms with Crippen molar-refractivity contribution < 1.29 is 19.1 Å². The Bertz CT molecular complexity index is 1120. The van der Waals surface area contributed by atoms with E-state index in [1.807, 2.05) is 41.9 Å². The standard InChI is InChI=1S/C24H26N4O4/c1-3-14-32-20-13-12-16(15-21(20)31-2)23(29)25-26-24(30)22-18-10-7-11-19(18)28(27-22)17-8-5-4-6-9-17/h4-6,8-9,12-13,15H,3,7,10-11,14H2,1-2H3,(H,25,29)(H,26,30). The van der Waals surface area contributed by atoms with Crippen LogP contribution in [0, 0.1) is 0 Å². The van der Waals surface area contributed by atoms with Gasteiger partial charge < -0.3 is 9.47 Å². The monoisotopic (exact) mass is 434 g/mol. The van der Waals surface area contributed by atoms with Crippen LogP contribution in [0.2, 0.25) is 0 Å². The van der Waals surface area contributed by atoms with Crippen LogP contribution < -0.4 is 20.3 Å². The number of nitrogens with zero attached hydrogens (tertiary/aromatic N) is 2. The number of fused-ring (bicyclic) bond motifs is 1. The van der Waals surface area contributed by atoms with Crippen molar-refractivity contribution in [3.8, 4) is 17.2 Å². The van der Waals surface area contributed by atoms with Gasteiger partial charge in [0, 0.05) is 16.8 Å². The molecule has 1 heterocycles. The van der Waals surface area contributed by atoms with Crippen molar-refractivity contribution in [2.45, 2.75) is 32.6 Å². The molecule has 0 atom stereocenters.